The van der Waals surface area contributed by atoms with Crippen molar-refractivity contribution in [3.05, 3.63) is 41.1 Å². The lowest BCUT2D eigenvalue weighted by Crippen LogP contribution is -1.91. The topological polar surface area (TPSA) is 12.9 Å². The van der Waals surface area contributed by atoms with E-state index in [4.69, 9.17) is 4.98 Å². The normalized spacial score (nSPS) is 14.6. The minimum Gasteiger partial charge on any atom is -0.252 e. The number of hydrogen-bond acceptors (Lipinski definition) is 1. The molecule has 0 atom stereocenters. The molecule has 1 nitrogen and oxygen atoms in total. The van der Waals surface area contributed by atoms with Crippen LogP contribution in [0.5, 0.6) is 0 Å². The third kappa shape index (κ3) is 1.05. The molecule has 70 valence electrons. The van der Waals surface area contributed by atoms with Gasteiger partial charge in [0.25, 0.3) is 0 Å². The fourth-order valence-electron chi connectivity index (χ4n) is 2.31. The van der Waals surface area contributed by atoms with Crippen LogP contribution < -0.4 is 0 Å². The zero-order valence-electron chi connectivity index (χ0n) is 8.38. The van der Waals surface area contributed by atoms with Gasteiger partial charge in [-0.25, -0.2) is 0 Å². The maximum Gasteiger partial charge on any atom is 0.0734 e. The van der Waals surface area contributed by atoms with Gasteiger partial charge in [-0.2, -0.15) is 0 Å². The molecule has 1 aliphatic rings. The first-order chi connectivity index (χ1) is 6.84. The van der Waals surface area contributed by atoms with Gasteiger partial charge in [-0.1, -0.05) is 18.2 Å². The molecule has 0 aliphatic heterocycles. The Kier molecular flexibility index (Phi) is 1.60. The quantitative estimate of drug-likeness (QED) is 0.611. The highest BCUT2D eigenvalue weighted by molar-refractivity contribution is 5.82. The lowest BCUT2D eigenvalue weighted by atomic mass is 10.1. The highest BCUT2D eigenvalue weighted by Crippen LogP contribution is 2.25. The SMILES string of the molecule is Cc1cccc2cc3c(nc12)CCC3. The van der Waals surface area contributed by atoms with Crippen molar-refractivity contribution in [1.29, 1.82) is 0 Å². The second-order valence-corrected chi connectivity index (χ2v) is 4.09. The van der Waals surface area contributed by atoms with Crippen molar-refractivity contribution in [2.75, 3.05) is 0 Å². The third-order valence-corrected chi connectivity index (χ3v) is 3.08. The summed E-state index contributed by atoms with van der Waals surface area (Å²) >= 11 is 0. The van der Waals surface area contributed by atoms with Crippen LogP contribution in [-0.4, -0.2) is 4.98 Å². The Bertz CT molecular complexity index is 500. The number of hydrogen-bond donors (Lipinski definition) is 0. The summed E-state index contributed by atoms with van der Waals surface area (Å²) < 4.78 is 0. The minimum absolute atomic E-state index is 1.17. The molecule has 2 aromatic rings. The van der Waals surface area contributed by atoms with Crippen LogP contribution in [0.1, 0.15) is 23.2 Å². The molecule has 1 aromatic carbocycles. The summed E-state index contributed by atoms with van der Waals surface area (Å²) in [6, 6.07) is 8.73. The number of rotatable bonds is 0. The van der Waals surface area contributed by atoms with Crippen molar-refractivity contribution in [2.45, 2.75) is 26.2 Å². The van der Waals surface area contributed by atoms with Crippen molar-refractivity contribution in [3.8, 4) is 0 Å². The Morgan fingerprint density at radius 3 is 3.07 bits per heavy atom. The summed E-state index contributed by atoms with van der Waals surface area (Å²) in [5.41, 5.74) is 5.26. The van der Waals surface area contributed by atoms with E-state index in [1.807, 2.05) is 0 Å². The smallest absolute Gasteiger partial charge is 0.0734 e. The fraction of sp³-hybridized carbons (Fsp3) is 0.308. The van der Waals surface area contributed by atoms with Gasteiger partial charge in [0.2, 0.25) is 0 Å². The molecule has 1 aliphatic carbocycles. The Morgan fingerprint density at radius 2 is 2.14 bits per heavy atom. The zero-order chi connectivity index (χ0) is 9.54. The maximum absolute atomic E-state index is 4.76. The van der Waals surface area contributed by atoms with Crippen molar-refractivity contribution >= 4 is 10.9 Å². The van der Waals surface area contributed by atoms with Crippen molar-refractivity contribution in [2.24, 2.45) is 0 Å². The van der Waals surface area contributed by atoms with Gasteiger partial charge in [0.05, 0.1) is 5.52 Å². The first-order valence-corrected chi connectivity index (χ1v) is 5.23. The molecule has 0 amide bonds. The molecular weight excluding hydrogens is 170 g/mol. The van der Waals surface area contributed by atoms with Crippen LogP contribution in [0.25, 0.3) is 10.9 Å². The molecule has 0 N–H and O–H groups in total. The Balaban J connectivity index is 2.39. The molecule has 0 unspecified atom stereocenters. The van der Waals surface area contributed by atoms with Gasteiger partial charge in [0.1, 0.15) is 0 Å². The van der Waals surface area contributed by atoms with E-state index in [-0.39, 0.29) is 0 Å². The summed E-state index contributed by atoms with van der Waals surface area (Å²) in [7, 11) is 0. The van der Waals surface area contributed by atoms with E-state index in [1.54, 1.807) is 0 Å². The summed E-state index contributed by atoms with van der Waals surface area (Å²) in [4.78, 5) is 4.76. The summed E-state index contributed by atoms with van der Waals surface area (Å²) in [5.74, 6) is 0. The predicted octanol–water partition coefficient (Wildman–Crippen LogP) is 3.03. The Labute approximate surface area is 83.8 Å². The van der Waals surface area contributed by atoms with Gasteiger partial charge >= 0.3 is 0 Å². The first-order valence-electron chi connectivity index (χ1n) is 5.23. The summed E-state index contributed by atoms with van der Waals surface area (Å²) in [6.45, 7) is 2.14. The Morgan fingerprint density at radius 1 is 1.21 bits per heavy atom. The monoisotopic (exact) mass is 183 g/mol. The molecule has 14 heavy (non-hydrogen) atoms. The van der Waals surface area contributed by atoms with Crippen LogP contribution in [0, 0.1) is 6.92 Å². The summed E-state index contributed by atoms with van der Waals surface area (Å²) in [5, 5.41) is 1.30. The van der Waals surface area contributed by atoms with E-state index in [0.29, 0.717) is 0 Å². The molecule has 0 saturated carbocycles. The molecule has 1 aromatic heterocycles. The average molecular weight is 183 g/mol. The standard InChI is InChI=1S/C13H13N/c1-9-4-2-6-11-8-10-5-3-7-12(10)14-13(9)11/h2,4,6,8H,3,5,7H2,1H3. The van der Waals surface area contributed by atoms with E-state index in [9.17, 15) is 0 Å². The molecule has 1 heteroatoms. The van der Waals surface area contributed by atoms with Gasteiger partial charge in [0.15, 0.2) is 0 Å². The van der Waals surface area contributed by atoms with Gasteiger partial charge in [-0.15, -0.1) is 0 Å². The molecule has 0 radical (unpaired) electrons. The number of benzene rings is 1. The van der Waals surface area contributed by atoms with Crippen LogP contribution in [0.15, 0.2) is 24.3 Å². The van der Waals surface area contributed by atoms with Crippen molar-refractivity contribution in [1.82, 2.24) is 4.98 Å². The number of para-hydroxylation sites is 1. The number of fused-ring (bicyclic) bond motifs is 2. The lowest BCUT2D eigenvalue weighted by molar-refractivity contribution is 0.901. The van der Waals surface area contributed by atoms with E-state index in [0.717, 1.165) is 0 Å². The highest BCUT2D eigenvalue weighted by Gasteiger charge is 2.13. The largest absolute Gasteiger partial charge is 0.252 e. The molecule has 3 rings (SSSR count). The number of aryl methyl sites for hydroxylation is 3. The minimum atomic E-state index is 1.17. The fourth-order valence-corrected chi connectivity index (χ4v) is 2.31. The molecule has 0 spiro atoms. The first kappa shape index (κ1) is 7.98. The van der Waals surface area contributed by atoms with Crippen molar-refractivity contribution < 1.29 is 0 Å². The number of pyridine rings is 1. The van der Waals surface area contributed by atoms with Crippen LogP contribution in [-0.2, 0) is 12.8 Å². The maximum atomic E-state index is 4.76. The highest BCUT2D eigenvalue weighted by atomic mass is 14.7. The van der Waals surface area contributed by atoms with E-state index in [2.05, 4.69) is 31.2 Å². The second-order valence-electron chi connectivity index (χ2n) is 4.09. The summed E-state index contributed by atoms with van der Waals surface area (Å²) in [6.07, 6.45) is 3.66. The van der Waals surface area contributed by atoms with Gasteiger partial charge < -0.3 is 0 Å². The predicted molar refractivity (Wildman–Crippen MR) is 58.5 cm³/mol. The molecule has 0 saturated heterocycles. The molecule has 0 fully saturated rings. The molecule has 1 heterocycles. The second kappa shape index (κ2) is 2.81. The zero-order valence-corrected chi connectivity index (χ0v) is 8.38. The van der Waals surface area contributed by atoms with Crippen LogP contribution in [0.4, 0.5) is 0 Å². The van der Waals surface area contributed by atoms with Crippen LogP contribution in [0.2, 0.25) is 0 Å². The van der Waals surface area contributed by atoms with E-state index < -0.39 is 0 Å². The number of aromatic nitrogens is 1. The van der Waals surface area contributed by atoms with Gasteiger partial charge in [-0.05, 0) is 43.4 Å². The molecular formula is C13H13N. The van der Waals surface area contributed by atoms with E-state index >= 15 is 0 Å². The average Bonchev–Trinajstić information content (AvgIpc) is 2.62. The van der Waals surface area contributed by atoms with Crippen molar-refractivity contribution in [3.63, 3.8) is 0 Å². The van der Waals surface area contributed by atoms with Gasteiger partial charge in [0, 0.05) is 11.1 Å². The van der Waals surface area contributed by atoms with E-state index in [1.165, 1.54) is 47.0 Å². The lowest BCUT2D eigenvalue weighted by Gasteiger charge is -2.04. The van der Waals surface area contributed by atoms with Gasteiger partial charge in [-0.3, -0.25) is 4.98 Å². The Hall–Kier alpha value is -1.37. The molecule has 0 bridgehead atoms. The number of nitrogens with zero attached hydrogens (tertiary/aromatic N) is 1. The van der Waals surface area contributed by atoms with Crippen LogP contribution >= 0.6 is 0 Å². The third-order valence-electron chi connectivity index (χ3n) is 3.08. The van der Waals surface area contributed by atoms with Crippen LogP contribution in [0.3, 0.4) is 0 Å².